The molecule has 0 spiro atoms. The normalized spacial score (nSPS) is 21.0. The molecule has 0 saturated carbocycles. The van der Waals surface area contributed by atoms with E-state index < -0.39 is 0 Å². The molecule has 0 aromatic carbocycles. The van der Waals surface area contributed by atoms with E-state index in [-0.39, 0.29) is 0 Å². The van der Waals surface area contributed by atoms with Crippen LogP contribution in [0.4, 0.5) is 0 Å². The summed E-state index contributed by atoms with van der Waals surface area (Å²) in [4.78, 5) is 6.78. The average Bonchev–Trinajstić information content (AvgIpc) is 2.93. The molecule has 0 amide bonds. The van der Waals surface area contributed by atoms with Crippen molar-refractivity contribution in [1.82, 2.24) is 9.88 Å². The van der Waals surface area contributed by atoms with E-state index in [1.54, 1.807) is 6.26 Å². The molecule has 1 aliphatic heterocycles. The number of piperidine rings is 1. The molecule has 0 radical (unpaired) electrons. The van der Waals surface area contributed by atoms with Gasteiger partial charge in [-0.1, -0.05) is 12.5 Å². The number of rotatable bonds is 3. The molecular weight excluding hydrogens is 224 g/mol. The van der Waals surface area contributed by atoms with Crippen LogP contribution < -0.4 is 0 Å². The summed E-state index contributed by atoms with van der Waals surface area (Å²) >= 11 is 0. The molecule has 94 valence electrons. The van der Waals surface area contributed by atoms with Crippen molar-refractivity contribution in [3.05, 3.63) is 54.2 Å². The second kappa shape index (κ2) is 5.36. The van der Waals surface area contributed by atoms with Crippen LogP contribution in [0.2, 0.25) is 0 Å². The van der Waals surface area contributed by atoms with E-state index in [2.05, 4.69) is 22.0 Å². The molecule has 2 aromatic heterocycles. The lowest BCUT2D eigenvalue weighted by Gasteiger charge is -2.35. The lowest BCUT2D eigenvalue weighted by atomic mass is 9.96. The monoisotopic (exact) mass is 242 g/mol. The zero-order valence-electron chi connectivity index (χ0n) is 10.5. The molecule has 3 heterocycles. The molecule has 2 aromatic rings. The number of nitrogens with zero attached hydrogens (tertiary/aromatic N) is 2. The van der Waals surface area contributed by atoms with Crippen molar-refractivity contribution >= 4 is 0 Å². The van der Waals surface area contributed by atoms with Gasteiger partial charge in [-0.05, 0) is 37.1 Å². The van der Waals surface area contributed by atoms with Gasteiger partial charge >= 0.3 is 0 Å². The predicted octanol–water partition coefficient (Wildman–Crippen LogP) is 3.40. The van der Waals surface area contributed by atoms with Crippen molar-refractivity contribution in [3.63, 3.8) is 0 Å². The number of furan rings is 1. The molecule has 1 atom stereocenters. The average molecular weight is 242 g/mol. The first-order chi connectivity index (χ1) is 8.93. The van der Waals surface area contributed by atoms with Gasteiger partial charge in [0.2, 0.25) is 0 Å². The fourth-order valence-electron chi connectivity index (χ4n) is 2.75. The zero-order valence-corrected chi connectivity index (χ0v) is 10.5. The van der Waals surface area contributed by atoms with Gasteiger partial charge in [-0.25, -0.2) is 0 Å². The minimum absolute atomic E-state index is 0.502. The number of hydrogen-bond donors (Lipinski definition) is 0. The van der Waals surface area contributed by atoms with Crippen molar-refractivity contribution in [2.45, 2.75) is 31.8 Å². The molecule has 0 N–H and O–H groups in total. The van der Waals surface area contributed by atoms with Gasteiger partial charge in [-0.3, -0.25) is 9.88 Å². The Morgan fingerprint density at radius 2 is 2.33 bits per heavy atom. The van der Waals surface area contributed by atoms with Gasteiger partial charge in [-0.15, -0.1) is 0 Å². The summed E-state index contributed by atoms with van der Waals surface area (Å²) in [6, 6.07) is 6.77. The third-order valence-corrected chi connectivity index (χ3v) is 3.65. The summed E-state index contributed by atoms with van der Waals surface area (Å²) in [6.45, 7) is 2.13. The number of hydrogen-bond acceptors (Lipinski definition) is 3. The van der Waals surface area contributed by atoms with E-state index in [9.17, 15) is 0 Å². The highest BCUT2D eigenvalue weighted by Crippen LogP contribution is 2.31. The number of pyridine rings is 1. The van der Waals surface area contributed by atoms with E-state index >= 15 is 0 Å². The first-order valence-electron chi connectivity index (χ1n) is 6.58. The summed E-state index contributed by atoms with van der Waals surface area (Å²) in [5.41, 5.74) is 2.59. The second-order valence-corrected chi connectivity index (χ2v) is 4.90. The summed E-state index contributed by atoms with van der Waals surface area (Å²) < 4.78 is 5.16. The lowest BCUT2D eigenvalue weighted by Crippen LogP contribution is -2.32. The smallest absolute Gasteiger partial charge is 0.0947 e. The molecule has 0 bridgehead atoms. The Balaban J connectivity index is 1.78. The van der Waals surface area contributed by atoms with Crippen molar-refractivity contribution in [3.8, 4) is 0 Å². The van der Waals surface area contributed by atoms with E-state index in [4.69, 9.17) is 4.42 Å². The Morgan fingerprint density at radius 3 is 3.11 bits per heavy atom. The third kappa shape index (κ3) is 2.46. The topological polar surface area (TPSA) is 29.3 Å². The van der Waals surface area contributed by atoms with Crippen molar-refractivity contribution in [2.24, 2.45) is 0 Å². The molecule has 0 unspecified atom stereocenters. The van der Waals surface area contributed by atoms with Gasteiger partial charge in [0.15, 0.2) is 0 Å². The molecule has 3 nitrogen and oxygen atoms in total. The van der Waals surface area contributed by atoms with Gasteiger partial charge in [0.05, 0.1) is 12.5 Å². The van der Waals surface area contributed by atoms with Crippen LogP contribution in [0.25, 0.3) is 0 Å². The van der Waals surface area contributed by atoms with Crippen LogP contribution in [-0.4, -0.2) is 16.4 Å². The fraction of sp³-hybridized carbons (Fsp3) is 0.400. The van der Waals surface area contributed by atoms with Crippen LogP contribution in [-0.2, 0) is 6.54 Å². The van der Waals surface area contributed by atoms with Gasteiger partial charge in [-0.2, -0.15) is 0 Å². The van der Waals surface area contributed by atoms with E-state index in [1.165, 1.54) is 30.4 Å². The predicted molar refractivity (Wildman–Crippen MR) is 69.9 cm³/mol. The minimum atomic E-state index is 0.502. The minimum Gasteiger partial charge on any atom is -0.472 e. The Morgan fingerprint density at radius 1 is 1.33 bits per heavy atom. The standard InChI is InChI=1S/C15H18N2O/c1-2-8-17(11-13-6-9-18-12-13)15(5-1)14-4-3-7-16-10-14/h3-4,6-7,9-10,12,15H,1-2,5,8,11H2/t15-/m0/s1. The number of likely N-dealkylation sites (tertiary alicyclic amines) is 1. The highest BCUT2D eigenvalue weighted by molar-refractivity contribution is 5.16. The maximum absolute atomic E-state index is 5.16. The maximum Gasteiger partial charge on any atom is 0.0947 e. The Bertz CT molecular complexity index is 467. The molecule has 3 heteroatoms. The van der Waals surface area contributed by atoms with Crippen molar-refractivity contribution < 1.29 is 4.42 Å². The molecule has 0 aliphatic carbocycles. The Kier molecular flexibility index (Phi) is 3.42. The van der Waals surface area contributed by atoms with E-state index in [0.717, 1.165) is 13.1 Å². The highest BCUT2D eigenvalue weighted by Gasteiger charge is 2.24. The quantitative estimate of drug-likeness (QED) is 0.826. The number of aromatic nitrogens is 1. The molecule has 3 rings (SSSR count). The molecule has 1 aliphatic rings. The van der Waals surface area contributed by atoms with Crippen LogP contribution in [0, 0.1) is 0 Å². The van der Waals surface area contributed by atoms with Crippen LogP contribution in [0.1, 0.15) is 36.4 Å². The maximum atomic E-state index is 5.16. The first kappa shape index (κ1) is 11.5. The van der Waals surface area contributed by atoms with Crippen LogP contribution in [0.15, 0.2) is 47.5 Å². The third-order valence-electron chi connectivity index (χ3n) is 3.65. The van der Waals surface area contributed by atoms with E-state index in [0.29, 0.717) is 6.04 Å². The van der Waals surface area contributed by atoms with Gasteiger partial charge in [0, 0.05) is 30.5 Å². The van der Waals surface area contributed by atoms with E-state index in [1.807, 2.05) is 24.7 Å². The summed E-state index contributed by atoms with van der Waals surface area (Å²) in [5, 5.41) is 0. The van der Waals surface area contributed by atoms with Crippen molar-refractivity contribution in [1.29, 1.82) is 0 Å². The molecular formula is C15H18N2O. The first-order valence-corrected chi connectivity index (χ1v) is 6.58. The van der Waals surface area contributed by atoms with Crippen molar-refractivity contribution in [2.75, 3.05) is 6.54 Å². The van der Waals surface area contributed by atoms with Gasteiger partial charge in [0.25, 0.3) is 0 Å². The Hall–Kier alpha value is -1.61. The van der Waals surface area contributed by atoms with Crippen LogP contribution in [0.5, 0.6) is 0 Å². The highest BCUT2D eigenvalue weighted by atomic mass is 16.3. The Labute approximate surface area is 107 Å². The molecule has 1 fully saturated rings. The lowest BCUT2D eigenvalue weighted by molar-refractivity contribution is 0.140. The van der Waals surface area contributed by atoms with Gasteiger partial charge in [0.1, 0.15) is 0 Å². The fourth-order valence-corrected chi connectivity index (χ4v) is 2.75. The zero-order chi connectivity index (χ0) is 12.2. The second-order valence-electron chi connectivity index (χ2n) is 4.90. The van der Waals surface area contributed by atoms with Gasteiger partial charge < -0.3 is 4.42 Å². The van der Waals surface area contributed by atoms with Crippen LogP contribution >= 0.6 is 0 Å². The summed E-state index contributed by atoms with van der Waals surface area (Å²) in [6.07, 6.45) is 11.2. The summed E-state index contributed by atoms with van der Waals surface area (Å²) in [7, 11) is 0. The SMILES string of the molecule is c1cncc([C@@H]2CCCCN2Cc2ccoc2)c1. The largest absolute Gasteiger partial charge is 0.472 e. The molecule has 1 saturated heterocycles. The van der Waals surface area contributed by atoms with Crippen LogP contribution in [0.3, 0.4) is 0 Å². The molecule has 18 heavy (non-hydrogen) atoms. The summed E-state index contributed by atoms with van der Waals surface area (Å²) in [5.74, 6) is 0.